The number of benzene rings is 2. The third-order valence-corrected chi connectivity index (χ3v) is 4.47. The predicted octanol–water partition coefficient (Wildman–Crippen LogP) is 5.08. The number of rotatable bonds is 3. The average molecular weight is 361 g/mol. The maximum atomic E-state index is 13.0. The molecule has 0 radical (unpaired) electrons. The molecule has 126 valence electrons. The molecule has 0 unspecified atom stereocenters. The van der Waals surface area contributed by atoms with Crippen molar-refractivity contribution in [2.45, 2.75) is 17.0 Å². The van der Waals surface area contributed by atoms with Gasteiger partial charge in [0, 0.05) is 5.39 Å². The van der Waals surface area contributed by atoms with Crippen molar-refractivity contribution < 1.29 is 17.6 Å². The molecule has 0 bridgehead atoms. The Hall–Kier alpha value is -2.61. The first-order valence-corrected chi connectivity index (χ1v) is 8.30. The van der Waals surface area contributed by atoms with Crippen LogP contribution in [0.1, 0.15) is 11.7 Å². The van der Waals surface area contributed by atoms with Gasteiger partial charge >= 0.3 is 6.18 Å². The van der Waals surface area contributed by atoms with Crippen LogP contribution in [0.25, 0.3) is 22.0 Å². The molecule has 8 heteroatoms. The van der Waals surface area contributed by atoms with Gasteiger partial charge in [-0.2, -0.15) is 13.2 Å². The topological polar surface area (TPSA) is 51.8 Å². The minimum Gasteiger partial charge on any atom is -0.440 e. The summed E-state index contributed by atoms with van der Waals surface area (Å²) >= 11 is 1.14. The van der Waals surface area contributed by atoms with E-state index in [1.165, 1.54) is 6.07 Å². The van der Waals surface area contributed by atoms with Crippen LogP contribution in [0.3, 0.4) is 0 Å². The van der Waals surface area contributed by atoms with E-state index in [9.17, 15) is 13.2 Å². The fraction of sp³-hybridized carbons (Fsp3) is 0.118. The summed E-state index contributed by atoms with van der Waals surface area (Å²) in [6.45, 7) is 0. The lowest BCUT2D eigenvalue weighted by Crippen LogP contribution is -2.11. The van der Waals surface area contributed by atoms with Gasteiger partial charge in [0.15, 0.2) is 5.58 Å². The standard InChI is InChI=1S/C17H10F3N3OS/c18-17(19,20)16-22-11-6-2-1-5-10(11)15(23-16)25-9-14-21-12-7-3-4-8-13(12)24-14/h1-8H,9H2. The normalized spacial score (nSPS) is 12.1. The van der Waals surface area contributed by atoms with Gasteiger partial charge in [0.25, 0.3) is 0 Å². The number of thioether (sulfide) groups is 1. The van der Waals surface area contributed by atoms with Gasteiger partial charge in [-0.05, 0) is 18.2 Å². The molecule has 0 N–H and O–H groups in total. The van der Waals surface area contributed by atoms with Crippen molar-refractivity contribution in [3.05, 3.63) is 60.2 Å². The predicted molar refractivity (Wildman–Crippen MR) is 88.1 cm³/mol. The molecule has 4 aromatic rings. The van der Waals surface area contributed by atoms with Gasteiger partial charge in [-0.25, -0.2) is 15.0 Å². The van der Waals surface area contributed by atoms with Crippen LogP contribution in [0.15, 0.2) is 58.0 Å². The molecule has 0 amide bonds. The first-order chi connectivity index (χ1) is 12.0. The van der Waals surface area contributed by atoms with Crippen molar-refractivity contribution in [1.29, 1.82) is 0 Å². The van der Waals surface area contributed by atoms with E-state index < -0.39 is 12.0 Å². The quantitative estimate of drug-likeness (QED) is 0.376. The molecule has 0 fully saturated rings. The van der Waals surface area contributed by atoms with Crippen molar-refractivity contribution in [3.8, 4) is 0 Å². The van der Waals surface area contributed by atoms with Crippen LogP contribution in [0, 0.1) is 0 Å². The van der Waals surface area contributed by atoms with E-state index in [4.69, 9.17) is 4.42 Å². The van der Waals surface area contributed by atoms with Crippen LogP contribution < -0.4 is 0 Å². The zero-order valence-electron chi connectivity index (χ0n) is 12.6. The molecule has 25 heavy (non-hydrogen) atoms. The number of fused-ring (bicyclic) bond motifs is 2. The van der Waals surface area contributed by atoms with Crippen molar-refractivity contribution >= 4 is 33.8 Å². The molecule has 2 heterocycles. The fourth-order valence-corrected chi connectivity index (χ4v) is 3.26. The second kappa shape index (κ2) is 6.03. The fourth-order valence-electron chi connectivity index (χ4n) is 2.40. The smallest absolute Gasteiger partial charge is 0.440 e. The highest BCUT2D eigenvalue weighted by molar-refractivity contribution is 7.98. The summed E-state index contributed by atoms with van der Waals surface area (Å²) in [5.74, 6) is -0.443. The molecule has 0 saturated heterocycles. The summed E-state index contributed by atoms with van der Waals surface area (Å²) < 4.78 is 44.7. The number of oxazole rings is 1. The Kier molecular flexibility index (Phi) is 3.84. The van der Waals surface area contributed by atoms with E-state index in [1.54, 1.807) is 24.3 Å². The van der Waals surface area contributed by atoms with Gasteiger partial charge in [0.05, 0.1) is 11.3 Å². The lowest BCUT2D eigenvalue weighted by atomic mass is 10.2. The summed E-state index contributed by atoms with van der Waals surface area (Å²) in [5.41, 5.74) is 1.60. The molecule has 0 spiro atoms. The molecular weight excluding hydrogens is 351 g/mol. The molecule has 0 aliphatic heterocycles. The van der Waals surface area contributed by atoms with Crippen molar-refractivity contribution in [2.75, 3.05) is 0 Å². The number of halogens is 3. The van der Waals surface area contributed by atoms with E-state index in [2.05, 4.69) is 15.0 Å². The zero-order valence-corrected chi connectivity index (χ0v) is 13.4. The summed E-state index contributed by atoms with van der Waals surface area (Å²) in [6.07, 6.45) is -4.60. The number of hydrogen-bond acceptors (Lipinski definition) is 5. The Bertz CT molecular complexity index is 1030. The second-order valence-electron chi connectivity index (χ2n) is 5.23. The molecular formula is C17H10F3N3OS. The first kappa shape index (κ1) is 15.9. The Morgan fingerprint density at radius 1 is 0.880 bits per heavy atom. The number of alkyl halides is 3. The SMILES string of the molecule is FC(F)(F)c1nc(SCc2nc3ccccc3o2)c2ccccc2n1. The summed E-state index contributed by atoms with van der Waals surface area (Å²) in [6, 6.07) is 13.9. The Balaban J connectivity index is 1.70. The molecule has 4 rings (SSSR count). The van der Waals surface area contributed by atoms with Crippen molar-refractivity contribution in [2.24, 2.45) is 0 Å². The third kappa shape index (κ3) is 3.17. The van der Waals surface area contributed by atoms with Gasteiger partial charge in [0.2, 0.25) is 11.7 Å². The third-order valence-electron chi connectivity index (χ3n) is 3.49. The molecule has 0 saturated carbocycles. The maximum absolute atomic E-state index is 13.0. The van der Waals surface area contributed by atoms with Crippen LogP contribution in [-0.4, -0.2) is 15.0 Å². The molecule has 0 aliphatic rings. The Morgan fingerprint density at radius 2 is 1.60 bits per heavy atom. The molecule has 0 aliphatic carbocycles. The van der Waals surface area contributed by atoms with Gasteiger partial charge in [-0.1, -0.05) is 42.1 Å². The van der Waals surface area contributed by atoms with Gasteiger partial charge in [-0.15, -0.1) is 0 Å². The van der Waals surface area contributed by atoms with Gasteiger partial charge in [0.1, 0.15) is 10.5 Å². The van der Waals surface area contributed by atoms with E-state index in [-0.39, 0.29) is 16.3 Å². The van der Waals surface area contributed by atoms with Crippen LogP contribution >= 0.6 is 11.8 Å². The summed E-state index contributed by atoms with van der Waals surface area (Å²) in [5, 5.41) is 0.816. The van der Waals surface area contributed by atoms with Crippen molar-refractivity contribution in [3.63, 3.8) is 0 Å². The highest BCUT2D eigenvalue weighted by atomic mass is 32.2. The Morgan fingerprint density at radius 3 is 2.36 bits per heavy atom. The zero-order chi connectivity index (χ0) is 17.4. The molecule has 2 aromatic carbocycles. The van der Waals surface area contributed by atoms with E-state index in [1.807, 2.05) is 18.2 Å². The number of aromatic nitrogens is 3. The minimum absolute atomic E-state index is 0.250. The molecule has 4 nitrogen and oxygen atoms in total. The van der Waals surface area contributed by atoms with Crippen LogP contribution in [0.5, 0.6) is 0 Å². The number of nitrogens with zero attached hydrogens (tertiary/aromatic N) is 3. The van der Waals surface area contributed by atoms with Gasteiger partial charge < -0.3 is 4.42 Å². The average Bonchev–Trinajstić information content (AvgIpc) is 3.01. The van der Waals surface area contributed by atoms with Crippen LogP contribution in [-0.2, 0) is 11.9 Å². The van der Waals surface area contributed by atoms with E-state index in [0.717, 1.165) is 11.8 Å². The van der Waals surface area contributed by atoms with E-state index >= 15 is 0 Å². The molecule has 0 atom stereocenters. The highest BCUT2D eigenvalue weighted by Crippen LogP contribution is 2.33. The van der Waals surface area contributed by atoms with Crippen LogP contribution in [0.2, 0.25) is 0 Å². The highest BCUT2D eigenvalue weighted by Gasteiger charge is 2.35. The summed E-state index contributed by atoms with van der Waals surface area (Å²) in [4.78, 5) is 11.6. The van der Waals surface area contributed by atoms with E-state index in [0.29, 0.717) is 22.4 Å². The van der Waals surface area contributed by atoms with Crippen LogP contribution in [0.4, 0.5) is 13.2 Å². The summed E-state index contributed by atoms with van der Waals surface area (Å²) in [7, 11) is 0. The molecule has 2 aromatic heterocycles. The largest absolute Gasteiger partial charge is 0.451 e. The Labute approximate surface area is 144 Å². The lowest BCUT2D eigenvalue weighted by Gasteiger charge is -2.09. The minimum atomic E-state index is -4.60. The first-order valence-electron chi connectivity index (χ1n) is 7.32. The van der Waals surface area contributed by atoms with Gasteiger partial charge in [-0.3, -0.25) is 0 Å². The van der Waals surface area contributed by atoms with Crippen molar-refractivity contribution in [1.82, 2.24) is 15.0 Å². The number of hydrogen-bond donors (Lipinski definition) is 0. The lowest BCUT2D eigenvalue weighted by molar-refractivity contribution is -0.145. The number of para-hydroxylation sites is 3. The monoisotopic (exact) mass is 361 g/mol. The maximum Gasteiger partial charge on any atom is 0.451 e. The second-order valence-corrected chi connectivity index (χ2v) is 6.20.